The van der Waals surface area contributed by atoms with Gasteiger partial charge in [0.1, 0.15) is 11.1 Å². The lowest BCUT2D eigenvalue weighted by atomic mass is 10.0. The Balaban J connectivity index is 3.07. The highest BCUT2D eigenvalue weighted by Gasteiger charge is 2.31. The number of ether oxygens (including phenoxy) is 1. The number of carbonyl (C=O) groups is 1. The van der Waals surface area contributed by atoms with Crippen molar-refractivity contribution in [2.24, 2.45) is 0 Å². The predicted octanol–water partition coefficient (Wildman–Crippen LogP) is 4.35. The summed E-state index contributed by atoms with van der Waals surface area (Å²) in [6.07, 6.45) is -4.74. The summed E-state index contributed by atoms with van der Waals surface area (Å²) in [5, 5.41) is -0.606. The zero-order valence-electron chi connectivity index (χ0n) is 9.22. The molecule has 1 aromatic carbocycles. The van der Waals surface area contributed by atoms with Crippen molar-refractivity contribution >= 4 is 33.3 Å². The zero-order chi connectivity index (χ0) is 13.9. The van der Waals surface area contributed by atoms with Crippen LogP contribution in [-0.2, 0) is 10.1 Å². The standard InChI is InChI=1S/C11H9BrClF3O2/c1-6(17)10(13)9-3-2-8(4-7(9)5-12)18-11(14,15)16/h2-4,10H,5H2,1H3. The normalized spacial score (nSPS) is 13.2. The molecule has 0 aliphatic carbocycles. The molecule has 0 radical (unpaired) electrons. The largest absolute Gasteiger partial charge is 0.573 e. The fourth-order valence-electron chi connectivity index (χ4n) is 1.36. The molecule has 0 bridgehead atoms. The maximum Gasteiger partial charge on any atom is 0.573 e. The first-order valence-electron chi connectivity index (χ1n) is 4.83. The van der Waals surface area contributed by atoms with Crippen LogP contribution in [0.25, 0.3) is 0 Å². The van der Waals surface area contributed by atoms with Gasteiger partial charge in [0.05, 0.1) is 0 Å². The smallest absolute Gasteiger partial charge is 0.406 e. The van der Waals surface area contributed by atoms with Crippen molar-refractivity contribution in [3.8, 4) is 5.75 Å². The number of benzene rings is 1. The van der Waals surface area contributed by atoms with Crippen LogP contribution in [0.5, 0.6) is 5.75 Å². The highest BCUT2D eigenvalue weighted by Crippen LogP contribution is 2.31. The second kappa shape index (κ2) is 5.93. The van der Waals surface area contributed by atoms with Crippen LogP contribution in [-0.4, -0.2) is 12.1 Å². The quantitative estimate of drug-likeness (QED) is 0.758. The molecule has 1 rings (SSSR count). The van der Waals surface area contributed by atoms with Crippen molar-refractivity contribution in [2.45, 2.75) is 24.0 Å². The minimum Gasteiger partial charge on any atom is -0.406 e. The highest BCUT2D eigenvalue weighted by atomic mass is 79.9. The fraction of sp³-hybridized carbons (Fsp3) is 0.364. The second-order valence-electron chi connectivity index (χ2n) is 3.52. The van der Waals surface area contributed by atoms with Crippen molar-refractivity contribution in [1.82, 2.24) is 0 Å². The van der Waals surface area contributed by atoms with Crippen molar-refractivity contribution in [3.05, 3.63) is 29.3 Å². The fourth-order valence-corrected chi connectivity index (χ4v) is 2.06. The molecule has 1 atom stereocenters. The van der Waals surface area contributed by atoms with Crippen LogP contribution >= 0.6 is 27.5 Å². The van der Waals surface area contributed by atoms with E-state index in [-0.39, 0.29) is 16.9 Å². The molecule has 1 aromatic rings. The van der Waals surface area contributed by atoms with Gasteiger partial charge >= 0.3 is 6.36 Å². The molecular formula is C11H9BrClF3O2. The van der Waals surface area contributed by atoms with Gasteiger partial charge in [-0.2, -0.15) is 0 Å². The Kier molecular flexibility index (Phi) is 5.04. The van der Waals surface area contributed by atoms with E-state index in [0.717, 1.165) is 6.07 Å². The maximum absolute atomic E-state index is 12.1. The Morgan fingerprint density at radius 1 is 1.50 bits per heavy atom. The summed E-state index contributed by atoms with van der Waals surface area (Å²) in [5.74, 6) is -0.614. The van der Waals surface area contributed by atoms with E-state index in [9.17, 15) is 18.0 Å². The molecule has 0 N–H and O–H groups in total. The molecule has 0 aliphatic heterocycles. The van der Waals surface area contributed by atoms with Crippen LogP contribution in [0.2, 0.25) is 0 Å². The van der Waals surface area contributed by atoms with E-state index in [0.29, 0.717) is 11.1 Å². The Labute approximate surface area is 115 Å². The maximum atomic E-state index is 12.1. The van der Waals surface area contributed by atoms with Crippen molar-refractivity contribution < 1.29 is 22.7 Å². The van der Waals surface area contributed by atoms with Crippen LogP contribution < -0.4 is 4.74 Å². The van der Waals surface area contributed by atoms with Gasteiger partial charge in [-0.1, -0.05) is 22.0 Å². The van der Waals surface area contributed by atoms with E-state index < -0.39 is 11.7 Å². The summed E-state index contributed by atoms with van der Waals surface area (Å²) in [6.45, 7) is 1.32. The molecule has 0 saturated heterocycles. The van der Waals surface area contributed by atoms with Gasteiger partial charge < -0.3 is 4.74 Å². The van der Waals surface area contributed by atoms with Gasteiger partial charge in [0.2, 0.25) is 0 Å². The van der Waals surface area contributed by atoms with Crippen LogP contribution in [0.4, 0.5) is 13.2 Å². The number of Topliss-reactive ketones (excluding diaryl/α,β-unsaturated/α-hetero) is 1. The van der Waals surface area contributed by atoms with Crippen LogP contribution in [0.1, 0.15) is 23.4 Å². The van der Waals surface area contributed by atoms with Crippen LogP contribution in [0.3, 0.4) is 0 Å². The lowest BCUT2D eigenvalue weighted by molar-refractivity contribution is -0.274. The Morgan fingerprint density at radius 3 is 2.56 bits per heavy atom. The Hall–Kier alpha value is -0.750. The zero-order valence-corrected chi connectivity index (χ0v) is 11.6. The van der Waals surface area contributed by atoms with Crippen molar-refractivity contribution in [2.75, 3.05) is 0 Å². The van der Waals surface area contributed by atoms with E-state index in [1.807, 2.05) is 0 Å². The number of rotatable bonds is 4. The van der Waals surface area contributed by atoms with Gasteiger partial charge in [0.15, 0.2) is 5.78 Å². The molecule has 1 unspecified atom stereocenters. The number of hydrogen-bond acceptors (Lipinski definition) is 2. The minimum atomic E-state index is -4.74. The third-order valence-corrected chi connectivity index (χ3v) is 3.27. The molecule has 0 saturated carbocycles. The monoisotopic (exact) mass is 344 g/mol. The molecule has 2 nitrogen and oxygen atoms in total. The molecular weight excluding hydrogens is 336 g/mol. The summed E-state index contributed by atoms with van der Waals surface area (Å²) in [6, 6.07) is 3.69. The van der Waals surface area contributed by atoms with Crippen LogP contribution in [0, 0.1) is 0 Å². The Morgan fingerprint density at radius 2 is 2.11 bits per heavy atom. The molecule has 7 heteroatoms. The molecule has 18 heavy (non-hydrogen) atoms. The first kappa shape index (κ1) is 15.3. The molecule has 0 spiro atoms. The first-order chi connectivity index (χ1) is 8.24. The average molecular weight is 346 g/mol. The molecule has 0 fully saturated rings. The Bertz CT molecular complexity index is 448. The third-order valence-electron chi connectivity index (χ3n) is 2.12. The van der Waals surface area contributed by atoms with Gasteiger partial charge in [-0.05, 0) is 30.2 Å². The summed E-state index contributed by atoms with van der Waals surface area (Å²) < 4.78 is 39.9. The number of hydrogen-bond donors (Lipinski definition) is 0. The minimum absolute atomic E-state index is 0.272. The molecule has 0 heterocycles. The van der Waals surface area contributed by atoms with Gasteiger partial charge in [-0.15, -0.1) is 24.8 Å². The summed E-state index contributed by atoms with van der Waals surface area (Å²) in [5.41, 5.74) is 0.947. The number of carbonyl (C=O) groups excluding carboxylic acids is 1. The number of ketones is 1. The molecule has 100 valence electrons. The predicted molar refractivity (Wildman–Crippen MR) is 65.0 cm³/mol. The first-order valence-corrected chi connectivity index (χ1v) is 6.39. The van der Waals surface area contributed by atoms with Crippen molar-refractivity contribution in [1.29, 1.82) is 0 Å². The van der Waals surface area contributed by atoms with Crippen molar-refractivity contribution in [3.63, 3.8) is 0 Å². The lowest BCUT2D eigenvalue weighted by Gasteiger charge is -2.14. The summed E-state index contributed by atoms with van der Waals surface area (Å²) >= 11 is 9.01. The van der Waals surface area contributed by atoms with E-state index in [1.165, 1.54) is 19.1 Å². The van der Waals surface area contributed by atoms with Gasteiger partial charge in [-0.25, -0.2) is 0 Å². The SMILES string of the molecule is CC(=O)C(Cl)c1ccc(OC(F)(F)F)cc1CBr. The second-order valence-corrected chi connectivity index (χ2v) is 4.51. The van der Waals surface area contributed by atoms with Gasteiger partial charge in [0, 0.05) is 5.33 Å². The van der Waals surface area contributed by atoms with E-state index in [2.05, 4.69) is 20.7 Å². The van der Waals surface area contributed by atoms with E-state index in [1.54, 1.807) is 0 Å². The van der Waals surface area contributed by atoms with Gasteiger partial charge in [-0.3, -0.25) is 4.79 Å². The molecule has 0 aromatic heterocycles. The van der Waals surface area contributed by atoms with Gasteiger partial charge in [0.25, 0.3) is 0 Å². The highest BCUT2D eigenvalue weighted by molar-refractivity contribution is 9.08. The summed E-state index contributed by atoms with van der Waals surface area (Å²) in [4.78, 5) is 11.2. The third kappa shape index (κ3) is 4.17. The lowest BCUT2D eigenvalue weighted by Crippen LogP contribution is -2.17. The topological polar surface area (TPSA) is 26.3 Å². The van der Waals surface area contributed by atoms with Crippen LogP contribution in [0.15, 0.2) is 18.2 Å². The molecule has 0 amide bonds. The van der Waals surface area contributed by atoms with E-state index in [4.69, 9.17) is 11.6 Å². The number of alkyl halides is 5. The number of halogens is 5. The average Bonchev–Trinajstić information content (AvgIpc) is 2.25. The molecule has 0 aliphatic rings. The summed E-state index contributed by atoms with van der Waals surface area (Å²) in [7, 11) is 0. The van der Waals surface area contributed by atoms with E-state index >= 15 is 0 Å².